The first-order valence-corrected chi connectivity index (χ1v) is 8.42. The van der Waals surface area contributed by atoms with Gasteiger partial charge in [-0.25, -0.2) is 4.98 Å². The Morgan fingerprint density at radius 3 is 2.74 bits per heavy atom. The summed E-state index contributed by atoms with van der Waals surface area (Å²) in [5.74, 6) is 1.17. The summed E-state index contributed by atoms with van der Waals surface area (Å²) < 4.78 is 5.54. The summed E-state index contributed by atoms with van der Waals surface area (Å²) in [6.07, 6.45) is 2.92. The number of benzene rings is 1. The molecule has 1 atom stereocenters. The van der Waals surface area contributed by atoms with Crippen LogP contribution in [0.25, 0.3) is 0 Å². The van der Waals surface area contributed by atoms with Crippen molar-refractivity contribution in [1.29, 1.82) is 0 Å². The van der Waals surface area contributed by atoms with Gasteiger partial charge in [0.05, 0.1) is 5.69 Å². The second kappa shape index (κ2) is 6.85. The van der Waals surface area contributed by atoms with Crippen LogP contribution in [0.4, 0.5) is 0 Å². The van der Waals surface area contributed by atoms with E-state index in [0.717, 1.165) is 37.6 Å². The largest absolute Gasteiger partial charge is 0.448 e. The smallest absolute Gasteiger partial charge is 0.196 e. The third-order valence-corrected chi connectivity index (χ3v) is 4.63. The molecule has 3 rings (SSSR count). The summed E-state index contributed by atoms with van der Waals surface area (Å²) in [6, 6.07) is 9.34. The molecule has 2 heterocycles. The van der Waals surface area contributed by atoms with Gasteiger partial charge in [-0.15, -0.1) is 0 Å². The van der Waals surface area contributed by atoms with E-state index in [0.29, 0.717) is 12.0 Å². The van der Waals surface area contributed by atoms with E-state index in [9.17, 15) is 0 Å². The van der Waals surface area contributed by atoms with Crippen LogP contribution >= 0.6 is 0 Å². The van der Waals surface area contributed by atoms with Crippen LogP contribution in [0.15, 0.2) is 34.9 Å². The molecular formula is C19H27N3O. The van der Waals surface area contributed by atoms with E-state index in [-0.39, 0.29) is 0 Å². The van der Waals surface area contributed by atoms with Gasteiger partial charge >= 0.3 is 0 Å². The third kappa shape index (κ3) is 3.82. The van der Waals surface area contributed by atoms with Gasteiger partial charge in [0.15, 0.2) is 5.89 Å². The van der Waals surface area contributed by atoms with Gasteiger partial charge in [-0.05, 0) is 31.6 Å². The van der Waals surface area contributed by atoms with Crippen LogP contribution in [-0.4, -0.2) is 41.5 Å². The molecule has 0 saturated carbocycles. The second-order valence-electron chi connectivity index (χ2n) is 7.07. The summed E-state index contributed by atoms with van der Waals surface area (Å²) in [5, 5.41) is 0. The Kier molecular flexibility index (Phi) is 4.83. The fourth-order valence-corrected chi connectivity index (χ4v) is 3.28. The Morgan fingerprint density at radius 2 is 2.04 bits per heavy atom. The Hall–Kier alpha value is -1.65. The van der Waals surface area contributed by atoms with Crippen LogP contribution in [0, 0.1) is 0 Å². The van der Waals surface area contributed by atoms with Crippen LogP contribution in [0.2, 0.25) is 0 Å². The molecule has 124 valence electrons. The standard InChI is InChI=1S/C19H27N3O/c1-14(2)19-20-17(13-23-19)11-21(3)12-18-9-15-7-5-6-8-16(15)10-22(18)4/h5-8,13-14,18H,9-12H2,1-4H3. The van der Waals surface area contributed by atoms with E-state index in [4.69, 9.17) is 4.42 Å². The molecule has 4 nitrogen and oxygen atoms in total. The number of rotatable bonds is 5. The highest BCUT2D eigenvalue weighted by molar-refractivity contribution is 5.30. The Labute approximate surface area is 139 Å². The summed E-state index contributed by atoms with van der Waals surface area (Å²) in [7, 11) is 4.39. The molecule has 2 aromatic rings. The average molecular weight is 313 g/mol. The molecule has 0 aliphatic carbocycles. The van der Waals surface area contributed by atoms with E-state index >= 15 is 0 Å². The minimum absolute atomic E-state index is 0.343. The highest BCUT2D eigenvalue weighted by Gasteiger charge is 2.24. The molecule has 1 aliphatic heterocycles. The summed E-state index contributed by atoms with van der Waals surface area (Å²) >= 11 is 0. The Balaban J connectivity index is 1.60. The second-order valence-corrected chi connectivity index (χ2v) is 7.07. The number of aromatic nitrogens is 1. The molecule has 0 amide bonds. The van der Waals surface area contributed by atoms with Crippen molar-refractivity contribution in [2.75, 3.05) is 20.6 Å². The topological polar surface area (TPSA) is 32.5 Å². The molecule has 1 aromatic heterocycles. The van der Waals surface area contributed by atoms with Crippen molar-refractivity contribution in [2.45, 2.75) is 45.3 Å². The lowest BCUT2D eigenvalue weighted by Gasteiger charge is -2.36. The van der Waals surface area contributed by atoms with Crippen molar-refractivity contribution in [3.8, 4) is 0 Å². The van der Waals surface area contributed by atoms with E-state index in [1.807, 2.05) is 0 Å². The first-order valence-electron chi connectivity index (χ1n) is 8.42. The lowest BCUT2D eigenvalue weighted by molar-refractivity contribution is 0.158. The molecule has 1 aromatic carbocycles. The monoisotopic (exact) mass is 313 g/mol. The minimum Gasteiger partial charge on any atom is -0.448 e. The predicted octanol–water partition coefficient (Wildman–Crippen LogP) is 3.29. The van der Waals surface area contributed by atoms with Crippen molar-refractivity contribution < 1.29 is 4.42 Å². The fraction of sp³-hybridized carbons (Fsp3) is 0.526. The predicted molar refractivity (Wildman–Crippen MR) is 92.3 cm³/mol. The van der Waals surface area contributed by atoms with Crippen LogP contribution in [-0.2, 0) is 19.5 Å². The SMILES string of the molecule is CC(C)c1nc(CN(C)CC2Cc3ccccc3CN2C)co1. The quantitative estimate of drug-likeness (QED) is 0.848. The number of fused-ring (bicyclic) bond motifs is 1. The molecule has 0 fully saturated rings. The molecule has 4 heteroatoms. The highest BCUT2D eigenvalue weighted by atomic mass is 16.3. The van der Waals surface area contributed by atoms with Crippen LogP contribution < -0.4 is 0 Å². The van der Waals surface area contributed by atoms with Crippen LogP contribution in [0.3, 0.4) is 0 Å². The molecule has 1 aliphatic rings. The summed E-state index contributed by atoms with van der Waals surface area (Å²) in [6.45, 7) is 7.12. The number of hydrogen-bond acceptors (Lipinski definition) is 4. The zero-order valence-corrected chi connectivity index (χ0v) is 14.6. The van der Waals surface area contributed by atoms with Crippen LogP contribution in [0.5, 0.6) is 0 Å². The minimum atomic E-state index is 0.343. The van der Waals surface area contributed by atoms with Gasteiger partial charge in [-0.2, -0.15) is 0 Å². The van der Waals surface area contributed by atoms with E-state index in [2.05, 4.69) is 67.0 Å². The maximum absolute atomic E-state index is 5.54. The van der Waals surface area contributed by atoms with Gasteiger partial charge in [-0.1, -0.05) is 38.1 Å². The lowest BCUT2D eigenvalue weighted by Crippen LogP contribution is -2.44. The normalized spacial score (nSPS) is 18.6. The maximum Gasteiger partial charge on any atom is 0.196 e. The van der Waals surface area contributed by atoms with Crippen molar-refractivity contribution in [1.82, 2.24) is 14.8 Å². The Bertz CT molecular complexity index is 650. The van der Waals surface area contributed by atoms with Gasteiger partial charge in [0.25, 0.3) is 0 Å². The van der Waals surface area contributed by atoms with E-state index in [1.54, 1.807) is 6.26 Å². The third-order valence-electron chi connectivity index (χ3n) is 4.63. The number of hydrogen-bond donors (Lipinski definition) is 0. The summed E-state index contributed by atoms with van der Waals surface area (Å²) in [4.78, 5) is 9.38. The molecule has 0 spiro atoms. The van der Waals surface area contributed by atoms with Gasteiger partial charge in [0.1, 0.15) is 6.26 Å². The van der Waals surface area contributed by atoms with E-state index in [1.165, 1.54) is 11.1 Å². The molecule has 1 unspecified atom stereocenters. The average Bonchev–Trinajstić information content (AvgIpc) is 2.96. The van der Waals surface area contributed by atoms with Gasteiger partial charge < -0.3 is 4.42 Å². The number of nitrogens with zero attached hydrogens (tertiary/aromatic N) is 3. The highest BCUT2D eigenvalue weighted by Crippen LogP contribution is 2.22. The molecule has 0 N–H and O–H groups in total. The first kappa shape index (κ1) is 16.2. The molecule has 23 heavy (non-hydrogen) atoms. The number of oxazole rings is 1. The van der Waals surface area contributed by atoms with Gasteiger partial charge in [-0.3, -0.25) is 9.80 Å². The van der Waals surface area contributed by atoms with Crippen molar-refractivity contribution in [2.24, 2.45) is 0 Å². The Morgan fingerprint density at radius 1 is 1.30 bits per heavy atom. The molecular weight excluding hydrogens is 286 g/mol. The van der Waals surface area contributed by atoms with E-state index < -0.39 is 0 Å². The van der Waals surface area contributed by atoms with Crippen molar-refractivity contribution in [3.05, 3.63) is 53.2 Å². The van der Waals surface area contributed by atoms with Crippen LogP contribution in [0.1, 0.15) is 42.5 Å². The molecule has 0 bridgehead atoms. The number of likely N-dealkylation sites (N-methyl/N-ethyl adjacent to an activating group) is 2. The summed E-state index contributed by atoms with van der Waals surface area (Å²) in [5.41, 5.74) is 3.98. The van der Waals surface area contributed by atoms with Crippen molar-refractivity contribution in [3.63, 3.8) is 0 Å². The first-order chi connectivity index (χ1) is 11.0. The molecule has 0 saturated heterocycles. The zero-order chi connectivity index (χ0) is 16.4. The maximum atomic E-state index is 5.54. The fourth-order valence-electron chi connectivity index (χ4n) is 3.28. The lowest BCUT2D eigenvalue weighted by atomic mass is 9.94. The van der Waals surface area contributed by atoms with Gasteiger partial charge in [0.2, 0.25) is 0 Å². The molecule has 0 radical (unpaired) electrons. The zero-order valence-electron chi connectivity index (χ0n) is 14.6. The van der Waals surface area contributed by atoms with Crippen molar-refractivity contribution >= 4 is 0 Å². The van der Waals surface area contributed by atoms with Gasteiger partial charge in [0, 0.05) is 31.6 Å².